The molecule has 0 aliphatic heterocycles. The summed E-state index contributed by atoms with van der Waals surface area (Å²) in [5.41, 5.74) is 3.52. The first-order valence-electron chi connectivity index (χ1n) is 9.54. The van der Waals surface area contributed by atoms with Gasteiger partial charge in [0.25, 0.3) is 5.91 Å². The van der Waals surface area contributed by atoms with Gasteiger partial charge in [0.15, 0.2) is 18.1 Å². The normalized spacial score (nSPS) is 10.6. The molecule has 1 N–H and O–H groups in total. The van der Waals surface area contributed by atoms with E-state index >= 15 is 0 Å². The van der Waals surface area contributed by atoms with Gasteiger partial charge in [-0.15, -0.1) is 0 Å². The molecule has 6 nitrogen and oxygen atoms in total. The number of nitrogens with one attached hydrogen (secondary N) is 1. The molecule has 0 fully saturated rings. The highest BCUT2D eigenvalue weighted by Gasteiger charge is 2.08. The van der Waals surface area contributed by atoms with Crippen LogP contribution in [0, 0.1) is 13.8 Å². The van der Waals surface area contributed by atoms with Gasteiger partial charge in [0, 0.05) is 11.8 Å². The van der Waals surface area contributed by atoms with E-state index in [1.165, 1.54) is 6.08 Å². The second-order valence-corrected chi connectivity index (χ2v) is 6.44. The zero-order valence-electron chi connectivity index (χ0n) is 17.3. The molecule has 2 rings (SSSR count). The Hall–Kier alpha value is -3.28. The van der Waals surface area contributed by atoms with Crippen molar-refractivity contribution in [3.05, 3.63) is 59.2 Å². The molecule has 0 aliphatic carbocycles. The Morgan fingerprint density at radius 3 is 2.24 bits per heavy atom. The third-order valence-corrected chi connectivity index (χ3v) is 3.83. The Kier molecular flexibility index (Phi) is 8.27. The topological polar surface area (TPSA) is 73.9 Å². The fourth-order valence-corrected chi connectivity index (χ4v) is 2.76. The van der Waals surface area contributed by atoms with Crippen molar-refractivity contribution in [3.8, 4) is 11.5 Å². The molecule has 0 unspecified atom stereocenters. The monoisotopic (exact) mass is 397 g/mol. The fourth-order valence-electron chi connectivity index (χ4n) is 2.76. The van der Waals surface area contributed by atoms with Crippen LogP contribution in [0.3, 0.4) is 0 Å². The van der Waals surface area contributed by atoms with Crippen LogP contribution in [0.15, 0.2) is 42.5 Å². The summed E-state index contributed by atoms with van der Waals surface area (Å²) >= 11 is 0. The van der Waals surface area contributed by atoms with Gasteiger partial charge in [-0.25, -0.2) is 4.79 Å². The number of esters is 1. The Labute approximate surface area is 171 Å². The summed E-state index contributed by atoms with van der Waals surface area (Å²) in [5, 5.41) is 2.72. The van der Waals surface area contributed by atoms with E-state index in [2.05, 4.69) is 5.32 Å². The van der Waals surface area contributed by atoms with Crippen molar-refractivity contribution >= 4 is 23.6 Å². The zero-order chi connectivity index (χ0) is 21.2. The first kappa shape index (κ1) is 22.0. The Morgan fingerprint density at radius 2 is 1.59 bits per heavy atom. The maximum absolute atomic E-state index is 12.0. The van der Waals surface area contributed by atoms with Crippen LogP contribution < -0.4 is 14.8 Å². The lowest BCUT2D eigenvalue weighted by atomic mass is 10.1. The molecule has 0 aromatic heterocycles. The number of hydrogen-bond acceptors (Lipinski definition) is 5. The highest BCUT2D eigenvalue weighted by atomic mass is 16.5. The van der Waals surface area contributed by atoms with E-state index in [1.54, 1.807) is 18.2 Å². The maximum Gasteiger partial charge on any atom is 0.331 e. The summed E-state index contributed by atoms with van der Waals surface area (Å²) in [4.78, 5) is 23.9. The summed E-state index contributed by atoms with van der Waals surface area (Å²) < 4.78 is 16.1. The third-order valence-electron chi connectivity index (χ3n) is 3.83. The molecule has 6 heteroatoms. The summed E-state index contributed by atoms with van der Waals surface area (Å²) in [7, 11) is 0. The van der Waals surface area contributed by atoms with Gasteiger partial charge in [-0.05, 0) is 74.7 Å². The van der Waals surface area contributed by atoms with Gasteiger partial charge in [0.05, 0.1) is 13.2 Å². The molecule has 0 atom stereocenters. The number of carbonyl (C=O) groups excluding carboxylic acids is 2. The van der Waals surface area contributed by atoms with Crippen LogP contribution in [0.1, 0.15) is 30.5 Å². The minimum atomic E-state index is -0.604. The minimum Gasteiger partial charge on any atom is -0.490 e. The summed E-state index contributed by atoms with van der Waals surface area (Å²) in [6.07, 6.45) is 2.87. The predicted molar refractivity (Wildman–Crippen MR) is 113 cm³/mol. The quantitative estimate of drug-likeness (QED) is 0.505. The van der Waals surface area contributed by atoms with Crippen LogP contribution in [-0.2, 0) is 14.3 Å². The largest absolute Gasteiger partial charge is 0.490 e. The van der Waals surface area contributed by atoms with E-state index < -0.39 is 11.9 Å². The van der Waals surface area contributed by atoms with Crippen LogP contribution in [0.4, 0.5) is 5.69 Å². The van der Waals surface area contributed by atoms with Gasteiger partial charge in [-0.1, -0.05) is 12.1 Å². The van der Waals surface area contributed by atoms with Crippen molar-refractivity contribution in [1.29, 1.82) is 0 Å². The molecule has 0 spiro atoms. The number of rotatable bonds is 9. The Balaban J connectivity index is 1.90. The number of carbonyl (C=O) groups is 2. The lowest BCUT2D eigenvalue weighted by Crippen LogP contribution is -2.20. The van der Waals surface area contributed by atoms with Gasteiger partial charge >= 0.3 is 5.97 Å². The van der Waals surface area contributed by atoms with E-state index in [0.29, 0.717) is 30.4 Å². The first-order chi connectivity index (χ1) is 13.9. The Bertz CT molecular complexity index is 869. The molecular formula is C23H27NO5. The van der Waals surface area contributed by atoms with Crippen molar-refractivity contribution in [2.75, 3.05) is 25.1 Å². The van der Waals surface area contributed by atoms with Crippen molar-refractivity contribution in [2.45, 2.75) is 27.7 Å². The number of anilines is 1. The number of hydrogen-bond donors (Lipinski definition) is 1. The molecule has 0 radical (unpaired) electrons. The molecule has 29 heavy (non-hydrogen) atoms. The molecule has 0 saturated carbocycles. The van der Waals surface area contributed by atoms with E-state index in [1.807, 2.05) is 52.0 Å². The minimum absolute atomic E-state index is 0.358. The zero-order valence-corrected chi connectivity index (χ0v) is 17.3. The Morgan fingerprint density at radius 1 is 0.931 bits per heavy atom. The molecule has 1 amide bonds. The maximum atomic E-state index is 12.0. The van der Waals surface area contributed by atoms with Gasteiger partial charge in [0.1, 0.15) is 0 Å². The fraction of sp³-hybridized carbons (Fsp3) is 0.304. The van der Waals surface area contributed by atoms with Gasteiger partial charge < -0.3 is 19.5 Å². The van der Waals surface area contributed by atoms with E-state index in [9.17, 15) is 9.59 Å². The van der Waals surface area contributed by atoms with Crippen molar-refractivity contribution in [1.82, 2.24) is 0 Å². The van der Waals surface area contributed by atoms with Crippen LogP contribution in [0.2, 0.25) is 0 Å². The second-order valence-electron chi connectivity index (χ2n) is 6.44. The SMILES string of the molecule is CCOc1ccc(/C=C/C(=O)OCC(=O)Nc2cc(C)cc(C)c2)cc1OCC. The predicted octanol–water partition coefficient (Wildman–Crippen LogP) is 4.30. The highest BCUT2D eigenvalue weighted by Crippen LogP contribution is 2.29. The van der Waals surface area contributed by atoms with E-state index in [0.717, 1.165) is 16.7 Å². The average molecular weight is 397 g/mol. The molecule has 0 saturated heterocycles. The van der Waals surface area contributed by atoms with Crippen LogP contribution in [-0.4, -0.2) is 31.7 Å². The van der Waals surface area contributed by atoms with Crippen LogP contribution >= 0.6 is 0 Å². The average Bonchev–Trinajstić information content (AvgIpc) is 2.66. The number of aryl methyl sites for hydroxylation is 2. The summed E-state index contributed by atoms with van der Waals surface area (Å²) in [6, 6.07) is 11.1. The molecule has 2 aromatic rings. The van der Waals surface area contributed by atoms with Crippen molar-refractivity contribution < 1.29 is 23.8 Å². The standard InChI is InChI=1S/C23H27NO5/c1-5-27-20-9-7-18(14-21(20)28-6-2)8-10-23(26)29-15-22(25)24-19-12-16(3)11-17(4)13-19/h7-14H,5-6,15H2,1-4H3,(H,24,25)/b10-8+. The summed E-state index contributed by atoms with van der Waals surface area (Å²) in [6.45, 7) is 8.37. The van der Waals surface area contributed by atoms with Crippen LogP contribution in [0.5, 0.6) is 11.5 Å². The number of amides is 1. The van der Waals surface area contributed by atoms with Crippen molar-refractivity contribution in [3.63, 3.8) is 0 Å². The number of benzene rings is 2. The molecule has 0 bridgehead atoms. The highest BCUT2D eigenvalue weighted by molar-refractivity contribution is 5.94. The molecule has 2 aromatic carbocycles. The summed E-state index contributed by atoms with van der Waals surface area (Å²) in [5.74, 6) is 0.263. The van der Waals surface area contributed by atoms with Gasteiger partial charge in [0.2, 0.25) is 0 Å². The third kappa shape index (κ3) is 7.33. The van der Waals surface area contributed by atoms with Crippen LogP contribution in [0.25, 0.3) is 6.08 Å². The smallest absolute Gasteiger partial charge is 0.331 e. The number of ether oxygens (including phenoxy) is 3. The lowest BCUT2D eigenvalue weighted by Gasteiger charge is -2.11. The molecule has 0 aliphatic rings. The van der Waals surface area contributed by atoms with E-state index in [4.69, 9.17) is 14.2 Å². The van der Waals surface area contributed by atoms with Gasteiger partial charge in [-0.2, -0.15) is 0 Å². The molecule has 0 heterocycles. The molecule has 154 valence electrons. The van der Waals surface area contributed by atoms with Gasteiger partial charge in [-0.3, -0.25) is 4.79 Å². The second kappa shape index (κ2) is 10.9. The first-order valence-corrected chi connectivity index (χ1v) is 9.54. The molecular weight excluding hydrogens is 370 g/mol. The van der Waals surface area contributed by atoms with E-state index in [-0.39, 0.29) is 6.61 Å². The van der Waals surface area contributed by atoms with Crippen molar-refractivity contribution in [2.24, 2.45) is 0 Å². The lowest BCUT2D eigenvalue weighted by molar-refractivity contribution is -0.142.